The minimum atomic E-state index is -0.271. The highest BCUT2D eigenvalue weighted by atomic mass is 19.1. The molecular weight excluding hydrogens is 345 g/mol. The van der Waals surface area contributed by atoms with Crippen molar-refractivity contribution >= 4 is 5.91 Å². The first-order chi connectivity index (χ1) is 13.1. The highest BCUT2D eigenvalue weighted by Gasteiger charge is 2.23. The minimum absolute atomic E-state index is 0.0404. The van der Waals surface area contributed by atoms with Crippen molar-refractivity contribution in [1.82, 2.24) is 14.8 Å². The molecule has 1 aromatic heterocycles. The Kier molecular flexibility index (Phi) is 6.40. The number of hydrogen-bond acceptors (Lipinski definition) is 3. The molecule has 27 heavy (non-hydrogen) atoms. The Bertz CT molecular complexity index is 824. The van der Waals surface area contributed by atoms with Crippen molar-refractivity contribution in [2.45, 2.75) is 38.3 Å². The molecule has 1 fully saturated rings. The van der Waals surface area contributed by atoms with Gasteiger partial charge in [0.25, 0.3) is 11.5 Å². The summed E-state index contributed by atoms with van der Waals surface area (Å²) in [6.45, 7) is 2.33. The average Bonchev–Trinajstić information content (AvgIpc) is 2.97. The fourth-order valence-electron chi connectivity index (χ4n) is 3.66. The predicted molar refractivity (Wildman–Crippen MR) is 103 cm³/mol. The largest absolute Gasteiger partial charge is 0.355 e. The van der Waals surface area contributed by atoms with Gasteiger partial charge in [-0.3, -0.25) is 14.5 Å². The van der Waals surface area contributed by atoms with Gasteiger partial charge in [0.1, 0.15) is 5.82 Å². The predicted octanol–water partition coefficient (Wildman–Crippen LogP) is 2.96. The number of nitrogens with one attached hydrogen (secondary N) is 1. The van der Waals surface area contributed by atoms with E-state index in [0.717, 1.165) is 31.5 Å². The third-order valence-electron chi connectivity index (χ3n) is 5.18. The summed E-state index contributed by atoms with van der Waals surface area (Å²) in [5.41, 5.74) is 1.28. The van der Waals surface area contributed by atoms with E-state index in [4.69, 9.17) is 0 Å². The van der Waals surface area contributed by atoms with E-state index in [1.165, 1.54) is 37.1 Å². The zero-order valence-corrected chi connectivity index (χ0v) is 15.7. The maximum absolute atomic E-state index is 13.4. The Morgan fingerprint density at radius 3 is 2.37 bits per heavy atom. The Morgan fingerprint density at radius 2 is 1.74 bits per heavy atom. The van der Waals surface area contributed by atoms with Crippen molar-refractivity contribution < 1.29 is 9.18 Å². The lowest BCUT2D eigenvalue weighted by Gasteiger charge is -2.31. The van der Waals surface area contributed by atoms with Crippen LogP contribution < -0.4 is 10.9 Å². The summed E-state index contributed by atoms with van der Waals surface area (Å²) in [6, 6.07) is 9.43. The number of benzene rings is 1. The standard InChI is InChI=1S/C21H26FN3O2/c1-23-21(27)17-8-11-20(26)25(14-17)15-19(16-6-9-18(22)10-7-16)24-12-4-2-3-5-13-24/h6-11,14,19H,2-5,12-13,15H2,1H3,(H,23,27). The molecular formula is C21H26FN3O2. The lowest BCUT2D eigenvalue weighted by molar-refractivity contribution is 0.0962. The van der Waals surface area contributed by atoms with E-state index in [0.29, 0.717) is 12.1 Å². The van der Waals surface area contributed by atoms with E-state index in [1.54, 1.807) is 29.9 Å². The molecule has 1 saturated heterocycles. The maximum Gasteiger partial charge on any atom is 0.252 e. The van der Waals surface area contributed by atoms with Gasteiger partial charge < -0.3 is 9.88 Å². The van der Waals surface area contributed by atoms with Crippen LogP contribution in [0.4, 0.5) is 4.39 Å². The molecule has 0 aliphatic carbocycles. The molecule has 1 atom stereocenters. The van der Waals surface area contributed by atoms with Crippen LogP contribution in [0.15, 0.2) is 47.4 Å². The van der Waals surface area contributed by atoms with Gasteiger partial charge in [-0.25, -0.2) is 4.39 Å². The fourth-order valence-corrected chi connectivity index (χ4v) is 3.66. The smallest absolute Gasteiger partial charge is 0.252 e. The molecule has 144 valence electrons. The average molecular weight is 371 g/mol. The van der Waals surface area contributed by atoms with E-state index < -0.39 is 0 Å². The molecule has 1 N–H and O–H groups in total. The molecule has 0 bridgehead atoms. The van der Waals surface area contributed by atoms with Crippen LogP contribution in [0.3, 0.4) is 0 Å². The second-order valence-electron chi connectivity index (χ2n) is 7.01. The normalized spacial score (nSPS) is 16.5. The van der Waals surface area contributed by atoms with Crippen molar-refractivity contribution in [3.05, 3.63) is 69.9 Å². The number of carbonyl (C=O) groups is 1. The number of nitrogens with zero attached hydrogens (tertiary/aromatic N) is 2. The van der Waals surface area contributed by atoms with E-state index in [1.807, 2.05) is 0 Å². The van der Waals surface area contributed by atoms with Crippen LogP contribution in [0, 0.1) is 5.82 Å². The molecule has 5 nitrogen and oxygen atoms in total. The van der Waals surface area contributed by atoms with Gasteiger partial charge in [-0.2, -0.15) is 0 Å². The number of rotatable bonds is 5. The van der Waals surface area contributed by atoms with Crippen molar-refractivity contribution in [2.75, 3.05) is 20.1 Å². The van der Waals surface area contributed by atoms with Gasteiger partial charge in [0, 0.05) is 25.9 Å². The monoisotopic (exact) mass is 371 g/mol. The van der Waals surface area contributed by atoms with Crippen LogP contribution in [0.1, 0.15) is 47.6 Å². The Hall–Kier alpha value is -2.47. The number of likely N-dealkylation sites (tertiary alicyclic amines) is 1. The van der Waals surface area contributed by atoms with Gasteiger partial charge in [-0.1, -0.05) is 25.0 Å². The zero-order chi connectivity index (χ0) is 19.2. The van der Waals surface area contributed by atoms with Gasteiger partial charge >= 0.3 is 0 Å². The lowest BCUT2D eigenvalue weighted by Crippen LogP contribution is -2.35. The van der Waals surface area contributed by atoms with E-state index in [2.05, 4.69) is 10.2 Å². The van der Waals surface area contributed by atoms with Crippen LogP contribution in [0.5, 0.6) is 0 Å². The zero-order valence-electron chi connectivity index (χ0n) is 15.7. The van der Waals surface area contributed by atoms with Crippen molar-refractivity contribution in [3.63, 3.8) is 0 Å². The molecule has 0 radical (unpaired) electrons. The number of aromatic nitrogens is 1. The highest BCUT2D eigenvalue weighted by molar-refractivity contribution is 5.93. The maximum atomic E-state index is 13.4. The summed E-state index contributed by atoms with van der Waals surface area (Å²) >= 11 is 0. The molecule has 1 unspecified atom stereocenters. The van der Waals surface area contributed by atoms with Crippen molar-refractivity contribution in [3.8, 4) is 0 Å². The lowest BCUT2D eigenvalue weighted by atomic mass is 10.0. The fraction of sp³-hybridized carbons (Fsp3) is 0.429. The van der Waals surface area contributed by atoms with Crippen LogP contribution in [-0.4, -0.2) is 35.5 Å². The Balaban J connectivity index is 1.94. The summed E-state index contributed by atoms with van der Waals surface area (Å²) in [7, 11) is 1.57. The molecule has 2 heterocycles. The molecule has 1 aliphatic rings. The SMILES string of the molecule is CNC(=O)c1ccc(=O)n(CC(c2ccc(F)cc2)N2CCCCCC2)c1. The van der Waals surface area contributed by atoms with E-state index in [-0.39, 0.29) is 23.3 Å². The van der Waals surface area contributed by atoms with Crippen LogP contribution in [-0.2, 0) is 6.54 Å². The minimum Gasteiger partial charge on any atom is -0.355 e. The number of carbonyl (C=O) groups excluding carboxylic acids is 1. The quantitative estimate of drug-likeness (QED) is 0.879. The first-order valence-electron chi connectivity index (χ1n) is 9.50. The molecule has 1 aromatic carbocycles. The summed E-state index contributed by atoms with van der Waals surface area (Å²) < 4.78 is 15.0. The molecule has 0 saturated carbocycles. The van der Waals surface area contributed by atoms with Gasteiger partial charge in [0.2, 0.25) is 0 Å². The third kappa shape index (κ3) is 4.83. The second kappa shape index (κ2) is 8.95. The summed E-state index contributed by atoms with van der Waals surface area (Å²) in [6.07, 6.45) is 6.25. The Morgan fingerprint density at radius 1 is 1.07 bits per heavy atom. The third-order valence-corrected chi connectivity index (χ3v) is 5.18. The van der Waals surface area contributed by atoms with Crippen LogP contribution in [0.2, 0.25) is 0 Å². The Labute approximate surface area is 158 Å². The van der Waals surface area contributed by atoms with Crippen molar-refractivity contribution in [1.29, 1.82) is 0 Å². The molecule has 3 rings (SSSR count). The molecule has 2 aromatic rings. The first-order valence-corrected chi connectivity index (χ1v) is 9.50. The second-order valence-corrected chi connectivity index (χ2v) is 7.01. The number of pyridine rings is 1. The van der Waals surface area contributed by atoms with Gasteiger partial charge in [-0.05, 0) is 49.7 Å². The molecule has 1 aliphatic heterocycles. The topological polar surface area (TPSA) is 54.3 Å². The van der Waals surface area contributed by atoms with E-state index >= 15 is 0 Å². The van der Waals surface area contributed by atoms with Gasteiger partial charge in [0.15, 0.2) is 0 Å². The van der Waals surface area contributed by atoms with Crippen LogP contribution >= 0.6 is 0 Å². The van der Waals surface area contributed by atoms with Crippen LogP contribution in [0.25, 0.3) is 0 Å². The summed E-state index contributed by atoms with van der Waals surface area (Å²) in [4.78, 5) is 26.7. The molecule has 6 heteroatoms. The number of amides is 1. The van der Waals surface area contributed by atoms with E-state index in [9.17, 15) is 14.0 Å². The first kappa shape index (κ1) is 19.3. The van der Waals surface area contributed by atoms with Gasteiger partial charge in [0.05, 0.1) is 11.6 Å². The number of halogens is 1. The summed E-state index contributed by atoms with van der Waals surface area (Å²) in [5, 5.41) is 2.58. The highest BCUT2D eigenvalue weighted by Crippen LogP contribution is 2.26. The summed E-state index contributed by atoms with van der Waals surface area (Å²) in [5.74, 6) is -0.496. The number of hydrogen-bond donors (Lipinski definition) is 1. The van der Waals surface area contributed by atoms with Crippen molar-refractivity contribution in [2.24, 2.45) is 0 Å². The van der Waals surface area contributed by atoms with Gasteiger partial charge in [-0.15, -0.1) is 0 Å². The molecule has 0 spiro atoms. The molecule has 1 amide bonds.